The summed E-state index contributed by atoms with van der Waals surface area (Å²) in [7, 11) is 1.75. The zero-order valence-electron chi connectivity index (χ0n) is 10.2. The molecular formula is C11H19BrN4O. The van der Waals surface area contributed by atoms with Gasteiger partial charge in [-0.15, -0.1) is 0 Å². The third kappa shape index (κ3) is 2.03. The van der Waals surface area contributed by atoms with Gasteiger partial charge in [0.1, 0.15) is 0 Å². The summed E-state index contributed by atoms with van der Waals surface area (Å²) in [5.41, 5.74) is 3.77. The Balaban J connectivity index is 2.37. The number of hydrogen-bond acceptors (Lipinski definition) is 4. The maximum Gasteiger partial charge on any atom is 0.0929 e. The fraction of sp³-hybridized carbons (Fsp3) is 0.727. The van der Waals surface area contributed by atoms with Crippen LogP contribution < -0.4 is 11.3 Å². The van der Waals surface area contributed by atoms with Crippen molar-refractivity contribution in [1.29, 1.82) is 0 Å². The Hall–Kier alpha value is -0.430. The molecular weight excluding hydrogens is 284 g/mol. The van der Waals surface area contributed by atoms with Crippen LogP contribution >= 0.6 is 15.9 Å². The first kappa shape index (κ1) is 13.0. The number of methoxy groups -OCH3 is 1. The molecule has 6 heteroatoms. The molecule has 0 aromatic carbocycles. The van der Waals surface area contributed by atoms with Crippen molar-refractivity contribution in [3.05, 3.63) is 16.4 Å². The predicted octanol–water partition coefficient (Wildman–Crippen LogP) is 1.74. The smallest absolute Gasteiger partial charge is 0.0929 e. The Labute approximate surface area is 110 Å². The fourth-order valence-corrected chi connectivity index (χ4v) is 3.05. The summed E-state index contributed by atoms with van der Waals surface area (Å²) < 4.78 is 8.63. The number of ether oxygens (including phenoxy) is 1. The van der Waals surface area contributed by atoms with E-state index in [0.717, 1.165) is 29.6 Å². The zero-order chi connectivity index (χ0) is 12.5. The van der Waals surface area contributed by atoms with Crippen LogP contribution in [0.3, 0.4) is 0 Å². The first-order valence-corrected chi connectivity index (χ1v) is 6.70. The molecule has 3 N–H and O–H groups in total. The van der Waals surface area contributed by atoms with Crippen LogP contribution in [0.4, 0.5) is 0 Å². The normalized spacial score (nSPS) is 20.0. The second-order valence-corrected chi connectivity index (χ2v) is 5.27. The maximum absolute atomic E-state index is 5.74. The van der Waals surface area contributed by atoms with Crippen LogP contribution in [-0.4, -0.2) is 22.5 Å². The average Bonchev–Trinajstić information content (AvgIpc) is 2.65. The summed E-state index contributed by atoms with van der Waals surface area (Å²) in [5.74, 6) is 5.74. The van der Waals surface area contributed by atoms with Crippen molar-refractivity contribution in [2.75, 3.05) is 7.11 Å². The topological polar surface area (TPSA) is 65.1 Å². The van der Waals surface area contributed by atoms with E-state index in [1.165, 1.54) is 6.42 Å². The molecule has 0 radical (unpaired) electrons. The number of nitrogens with one attached hydrogen (secondary N) is 1. The minimum atomic E-state index is -0.190. The van der Waals surface area contributed by atoms with Crippen molar-refractivity contribution < 1.29 is 4.74 Å². The summed E-state index contributed by atoms with van der Waals surface area (Å²) >= 11 is 3.54. The lowest BCUT2D eigenvalue weighted by Crippen LogP contribution is -2.53. The first-order valence-electron chi connectivity index (χ1n) is 5.91. The largest absolute Gasteiger partial charge is 0.376 e. The van der Waals surface area contributed by atoms with E-state index < -0.39 is 0 Å². The van der Waals surface area contributed by atoms with E-state index in [1.54, 1.807) is 7.11 Å². The van der Waals surface area contributed by atoms with Crippen LogP contribution in [0.1, 0.15) is 37.9 Å². The van der Waals surface area contributed by atoms with Crippen LogP contribution in [0.2, 0.25) is 0 Å². The summed E-state index contributed by atoms with van der Waals surface area (Å²) in [4.78, 5) is 0. The van der Waals surface area contributed by atoms with Gasteiger partial charge in [0.25, 0.3) is 0 Å². The molecule has 5 nitrogen and oxygen atoms in total. The van der Waals surface area contributed by atoms with E-state index in [0.29, 0.717) is 0 Å². The minimum absolute atomic E-state index is 0.0296. The highest BCUT2D eigenvalue weighted by atomic mass is 79.9. The third-order valence-corrected chi connectivity index (χ3v) is 4.32. The summed E-state index contributed by atoms with van der Waals surface area (Å²) in [6.45, 7) is 2.88. The van der Waals surface area contributed by atoms with Gasteiger partial charge in [-0.2, -0.15) is 5.10 Å². The summed E-state index contributed by atoms with van der Waals surface area (Å²) in [6.07, 6.45) is 5.05. The van der Waals surface area contributed by atoms with Gasteiger partial charge < -0.3 is 4.74 Å². The molecule has 1 unspecified atom stereocenters. The lowest BCUT2D eigenvalue weighted by atomic mass is 9.73. The highest BCUT2D eigenvalue weighted by Gasteiger charge is 2.46. The molecule has 0 bridgehead atoms. The summed E-state index contributed by atoms with van der Waals surface area (Å²) in [5, 5.41) is 4.33. The first-order chi connectivity index (χ1) is 8.18. The molecule has 1 aromatic heterocycles. The van der Waals surface area contributed by atoms with E-state index in [1.807, 2.05) is 10.9 Å². The molecule has 1 atom stereocenters. The van der Waals surface area contributed by atoms with Crippen LogP contribution in [0.15, 0.2) is 10.7 Å². The molecule has 17 heavy (non-hydrogen) atoms. The quantitative estimate of drug-likeness (QED) is 0.642. The Morgan fingerprint density at radius 2 is 2.41 bits per heavy atom. The van der Waals surface area contributed by atoms with Crippen molar-refractivity contribution in [2.24, 2.45) is 5.84 Å². The molecule has 2 rings (SSSR count). The third-order valence-electron chi connectivity index (χ3n) is 3.71. The van der Waals surface area contributed by atoms with Crippen LogP contribution in [-0.2, 0) is 11.3 Å². The predicted molar refractivity (Wildman–Crippen MR) is 69.3 cm³/mol. The Kier molecular flexibility index (Phi) is 3.87. The maximum atomic E-state index is 5.74. The number of aryl methyl sites for hydroxylation is 1. The molecule has 1 aliphatic carbocycles. The average molecular weight is 303 g/mol. The van der Waals surface area contributed by atoms with Crippen LogP contribution in [0.25, 0.3) is 0 Å². The Morgan fingerprint density at radius 3 is 2.82 bits per heavy atom. The number of halogens is 1. The fourth-order valence-electron chi connectivity index (χ4n) is 2.53. The zero-order valence-corrected chi connectivity index (χ0v) is 11.8. The Morgan fingerprint density at radius 1 is 1.71 bits per heavy atom. The number of hydrazine groups is 1. The molecule has 1 saturated carbocycles. The van der Waals surface area contributed by atoms with Gasteiger partial charge in [-0.25, -0.2) is 5.43 Å². The Bertz CT molecular complexity index is 383. The van der Waals surface area contributed by atoms with E-state index >= 15 is 0 Å². The number of nitrogens with zero attached hydrogens (tertiary/aromatic N) is 2. The lowest BCUT2D eigenvalue weighted by Gasteiger charge is -2.46. The van der Waals surface area contributed by atoms with Gasteiger partial charge >= 0.3 is 0 Å². The molecule has 1 fully saturated rings. The van der Waals surface area contributed by atoms with Gasteiger partial charge in [0.15, 0.2) is 0 Å². The second-order valence-electron chi connectivity index (χ2n) is 4.42. The molecule has 1 aromatic rings. The number of nitrogens with two attached hydrogens (primary N) is 1. The summed E-state index contributed by atoms with van der Waals surface area (Å²) in [6, 6.07) is -0.0296. The van der Waals surface area contributed by atoms with Crippen molar-refractivity contribution in [2.45, 2.75) is 44.4 Å². The van der Waals surface area contributed by atoms with Gasteiger partial charge in [-0.1, -0.05) is 0 Å². The number of aromatic nitrogens is 2. The molecule has 0 spiro atoms. The highest BCUT2D eigenvalue weighted by Crippen LogP contribution is 2.45. The van der Waals surface area contributed by atoms with E-state index in [2.05, 4.69) is 33.4 Å². The molecule has 0 saturated heterocycles. The lowest BCUT2D eigenvalue weighted by molar-refractivity contribution is -0.102. The standard InChI is InChI=1S/C11H19BrN4O/c1-3-16-9(8(12)7-14-16)10(15-13)11(17-2)5-4-6-11/h7,10,15H,3-6,13H2,1-2H3. The van der Waals surface area contributed by atoms with Crippen molar-refractivity contribution in [3.63, 3.8) is 0 Å². The minimum Gasteiger partial charge on any atom is -0.376 e. The van der Waals surface area contributed by atoms with Crippen LogP contribution in [0.5, 0.6) is 0 Å². The second kappa shape index (κ2) is 5.06. The monoisotopic (exact) mass is 302 g/mol. The molecule has 1 heterocycles. The van der Waals surface area contributed by atoms with Gasteiger partial charge in [-0.05, 0) is 42.1 Å². The number of rotatable bonds is 5. The van der Waals surface area contributed by atoms with E-state index in [4.69, 9.17) is 10.6 Å². The van der Waals surface area contributed by atoms with Crippen molar-refractivity contribution in [3.8, 4) is 0 Å². The van der Waals surface area contributed by atoms with Gasteiger partial charge in [0, 0.05) is 13.7 Å². The van der Waals surface area contributed by atoms with Gasteiger partial charge in [-0.3, -0.25) is 10.5 Å². The SMILES string of the molecule is CCn1ncc(Br)c1C(NN)C1(OC)CCC1. The van der Waals surface area contributed by atoms with Crippen molar-refractivity contribution in [1.82, 2.24) is 15.2 Å². The molecule has 96 valence electrons. The van der Waals surface area contributed by atoms with Gasteiger partial charge in [0.2, 0.25) is 0 Å². The van der Waals surface area contributed by atoms with E-state index in [9.17, 15) is 0 Å². The van der Waals surface area contributed by atoms with Gasteiger partial charge in [0.05, 0.1) is 28.0 Å². The van der Waals surface area contributed by atoms with E-state index in [-0.39, 0.29) is 11.6 Å². The molecule has 0 amide bonds. The highest BCUT2D eigenvalue weighted by molar-refractivity contribution is 9.10. The van der Waals surface area contributed by atoms with Crippen molar-refractivity contribution >= 4 is 15.9 Å². The van der Waals surface area contributed by atoms with Crippen LogP contribution in [0, 0.1) is 0 Å². The molecule has 0 aliphatic heterocycles. The molecule has 1 aliphatic rings. The number of hydrogen-bond donors (Lipinski definition) is 2.